The molecule has 1 atom stereocenters. The normalized spacial score (nSPS) is 24.1. The van der Waals surface area contributed by atoms with E-state index in [9.17, 15) is 23.1 Å². The van der Waals surface area contributed by atoms with Crippen LogP contribution in [0.3, 0.4) is 0 Å². The Kier molecular flexibility index (Phi) is 4.00. The molecule has 9 heteroatoms. The number of hydrogen-bond donors (Lipinski definition) is 1. The van der Waals surface area contributed by atoms with E-state index in [1.807, 2.05) is 0 Å². The molecule has 1 aliphatic heterocycles. The highest BCUT2D eigenvalue weighted by Crippen LogP contribution is 2.46. The minimum Gasteiger partial charge on any atom is -0.496 e. The van der Waals surface area contributed by atoms with E-state index in [2.05, 4.69) is 5.10 Å². The maximum atomic E-state index is 13.4. The molecule has 2 aliphatic rings. The lowest BCUT2D eigenvalue weighted by molar-refractivity contribution is -0.297. The van der Waals surface area contributed by atoms with Gasteiger partial charge < -0.3 is 9.84 Å². The van der Waals surface area contributed by atoms with Gasteiger partial charge in [-0.3, -0.25) is 4.79 Å². The quantitative estimate of drug-likeness (QED) is 0.898. The number of benzene rings is 1. The number of alkyl halides is 3. The van der Waals surface area contributed by atoms with Crippen molar-refractivity contribution in [1.82, 2.24) is 5.01 Å². The number of hydrazone groups is 1. The highest BCUT2D eigenvalue weighted by Gasteiger charge is 2.64. The van der Waals surface area contributed by atoms with Crippen molar-refractivity contribution >= 4 is 23.2 Å². The van der Waals surface area contributed by atoms with Gasteiger partial charge in [0.15, 0.2) is 0 Å². The van der Waals surface area contributed by atoms with Crippen LogP contribution in [0.25, 0.3) is 0 Å². The minimum absolute atomic E-state index is 0.0454. The first-order valence-electron chi connectivity index (χ1n) is 7.22. The number of ether oxygens (including phenoxy) is 1. The topological polar surface area (TPSA) is 62.1 Å². The van der Waals surface area contributed by atoms with Crippen LogP contribution in [0.1, 0.15) is 29.6 Å². The van der Waals surface area contributed by atoms with Crippen molar-refractivity contribution in [3.05, 3.63) is 28.8 Å². The summed E-state index contributed by atoms with van der Waals surface area (Å²) in [5.74, 6) is -1.19. The second-order valence-corrected chi connectivity index (χ2v) is 6.25. The Bertz CT molecular complexity index is 718. The third kappa shape index (κ3) is 2.73. The Morgan fingerprint density at radius 3 is 2.67 bits per heavy atom. The lowest BCUT2D eigenvalue weighted by Gasteiger charge is -2.32. The summed E-state index contributed by atoms with van der Waals surface area (Å²) in [5.41, 5.74) is -3.38. The Morgan fingerprint density at radius 1 is 1.46 bits per heavy atom. The summed E-state index contributed by atoms with van der Waals surface area (Å²) < 4.78 is 45.3. The molecule has 24 heavy (non-hydrogen) atoms. The number of rotatable bonds is 3. The predicted octanol–water partition coefficient (Wildman–Crippen LogP) is 3.21. The van der Waals surface area contributed by atoms with Crippen LogP contribution in [-0.2, 0) is 0 Å². The summed E-state index contributed by atoms with van der Waals surface area (Å²) in [6.07, 6.45) is -4.38. The van der Waals surface area contributed by atoms with E-state index in [0.717, 1.165) is 0 Å². The van der Waals surface area contributed by atoms with Gasteiger partial charge in [-0.15, -0.1) is 0 Å². The standard InChI is InChI=1S/C15H14ClF3N2O3/c1-24-12-5-4-9(16)6-10(12)13(22)21-14(23,15(17,18)19)7-11(20-21)8-2-3-8/h4-6,8,23H,2-3,7H2,1H3/t14-/m1/s1. The minimum atomic E-state index is -5.05. The largest absolute Gasteiger partial charge is 0.496 e. The molecule has 0 spiro atoms. The molecule has 1 N–H and O–H groups in total. The van der Waals surface area contributed by atoms with E-state index >= 15 is 0 Å². The van der Waals surface area contributed by atoms with Gasteiger partial charge in [-0.1, -0.05) is 11.6 Å². The second kappa shape index (κ2) is 5.63. The maximum Gasteiger partial charge on any atom is 0.438 e. The molecule has 1 aliphatic carbocycles. The molecule has 5 nitrogen and oxygen atoms in total. The zero-order valence-electron chi connectivity index (χ0n) is 12.6. The zero-order valence-corrected chi connectivity index (χ0v) is 13.4. The number of aliphatic hydroxyl groups is 1. The maximum absolute atomic E-state index is 13.4. The van der Waals surface area contributed by atoms with Gasteiger partial charge in [0, 0.05) is 17.2 Å². The number of carbonyl (C=O) groups excluding carboxylic acids is 1. The number of halogens is 4. The molecule has 1 amide bonds. The van der Waals surface area contributed by atoms with Gasteiger partial charge in [0.05, 0.1) is 12.7 Å². The van der Waals surface area contributed by atoms with E-state index in [-0.39, 0.29) is 33.0 Å². The molecular formula is C15H14ClF3N2O3. The van der Waals surface area contributed by atoms with Crippen LogP contribution in [-0.4, -0.2) is 40.7 Å². The molecule has 0 saturated heterocycles. The lowest BCUT2D eigenvalue weighted by Crippen LogP contribution is -2.56. The van der Waals surface area contributed by atoms with Crippen molar-refractivity contribution in [3.63, 3.8) is 0 Å². The number of methoxy groups -OCH3 is 1. The van der Waals surface area contributed by atoms with Crippen molar-refractivity contribution < 1.29 is 27.8 Å². The van der Waals surface area contributed by atoms with Crippen molar-refractivity contribution in [2.24, 2.45) is 11.0 Å². The van der Waals surface area contributed by atoms with Gasteiger partial charge in [0.1, 0.15) is 5.75 Å². The van der Waals surface area contributed by atoms with Crippen LogP contribution in [0.5, 0.6) is 5.75 Å². The molecule has 1 aromatic rings. The molecule has 1 aromatic carbocycles. The van der Waals surface area contributed by atoms with Crippen molar-refractivity contribution in [3.8, 4) is 5.75 Å². The zero-order chi connectivity index (χ0) is 17.7. The molecule has 130 valence electrons. The molecule has 1 heterocycles. The third-order valence-corrected chi connectivity index (χ3v) is 4.33. The molecule has 0 unspecified atom stereocenters. The van der Waals surface area contributed by atoms with Crippen LogP contribution in [0.2, 0.25) is 5.02 Å². The number of carbonyl (C=O) groups is 1. The number of amides is 1. The summed E-state index contributed by atoms with van der Waals surface area (Å²) in [6, 6.07) is 3.99. The van der Waals surface area contributed by atoms with Crippen molar-refractivity contribution in [1.29, 1.82) is 0 Å². The van der Waals surface area contributed by atoms with E-state index in [1.165, 1.54) is 25.3 Å². The van der Waals surface area contributed by atoms with Crippen LogP contribution < -0.4 is 4.74 Å². The summed E-state index contributed by atoms with van der Waals surface area (Å²) in [5, 5.41) is 14.2. The third-order valence-electron chi connectivity index (χ3n) is 4.09. The summed E-state index contributed by atoms with van der Waals surface area (Å²) in [6.45, 7) is 0. The highest BCUT2D eigenvalue weighted by atomic mass is 35.5. The van der Waals surface area contributed by atoms with Gasteiger partial charge in [-0.2, -0.15) is 23.3 Å². The van der Waals surface area contributed by atoms with Gasteiger partial charge in [-0.25, -0.2) is 0 Å². The van der Waals surface area contributed by atoms with Gasteiger partial charge >= 0.3 is 6.18 Å². The Hall–Kier alpha value is -1.80. The van der Waals surface area contributed by atoms with E-state index in [4.69, 9.17) is 16.3 Å². The van der Waals surface area contributed by atoms with Crippen LogP contribution in [0, 0.1) is 5.92 Å². The van der Waals surface area contributed by atoms with Gasteiger partial charge in [0.2, 0.25) is 0 Å². The number of hydrogen-bond acceptors (Lipinski definition) is 4. The first-order chi connectivity index (χ1) is 11.2. The monoisotopic (exact) mass is 362 g/mol. The van der Waals surface area contributed by atoms with Crippen LogP contribution in [0.4, 0.5) is 13.2 Å². The Balaban J connectivity index is 2.04. The van der Waals surface area contributed by atoms with E-state index in [0.29, 0.717) is 12.8 Å². The molecule has 1 fully saturated rings. The van der Waals surface area contributed by atoms with E-state index in [1.54, 1.807) is 0 Å². The first kappa shape index (κ1) is 17.0. The Labute approximate surface area is 140 Å². The fourth-order valence-electron chi connectivity index (χ4n) is 2.61. The predicted molar refractivity (Wildman–Crippen MR) is 80.0 cm³/mol. The molecule has 0 bridgehead atoms. The van der Waals surface area contributed by atoms with Crippen LogP contribution >= 0.6 is 11.6 Å². The average Bonchev–Trinajstić information content (AvgIpc) is 3.29. The molecule has 1 saturated carbocycles. The summed E-state index contributed by atoms with van der Waals surface area (Å²) >= 11 is 5.83. The Morgan fingerprint density at radius 2 is 2.12 bits per heavy atom. The van der Waals surface area contributed by atoms with Crippen molar-refractivity contribution in [2.75, 3.05) is 7.11 Å². The second-order valence-electron chi connectivity index (χ2n) is 5.82. The lowest BCUT2D eigenvalue weighted by atomic mass is 10.0. The molecular weight excluding hydrogens is 349 g/mol. The van der Waals surface area contributed by atoms with Crippen molar-refractivity contribution in [2.45, 2.75) is 31.2 Å². The fourth-order valence-corrected chi connectivity index (χ4v) is 2.78. The average molecular weight is 363 g/mol. The smallest absolute Gasteiger partial charge is 0.438 e. The summed E-state index contributed by atoms with van der Waals surface area (Å²) in [4.78, 5) is 12.6. The fraction of sp³-hybridized carbons (Fsp3) is 0.467. The summed E-state index contributed by atoms with van der Waals surface area (Å²) in [7, 11) is 1.28. The molecule has 3 rings (SSSR count). The first-order valence-corrected chi connectivity index (χ1v) is 7.60. The molecule has 0 aromatic heterocycles. The SMILES string of the molecule is COc1ccc(Cl)cc1C(=O)N1N=C(C2CC2)C[C@@]1(O)C(F)(F)F. The van der Waals surface area contributed by atoms with Crippen LogP contribution in [0.15, 0.2) is 23.3 Å². The number of nitrogens with zero attached hydrogens (tertiary/aromatic N) is 2. The van der Waals surface area contributed by atoms with Gasteiger partial charge in [-0.05, 0) is 37.0 Å². The van der Waals surface area contributed by atoms with Gasteiger partial charge in [0.25, 0.3) is 11.6 Å². The van der Waals surface area contributed by atoms with E-state index < -0.39 is 24.2 Å². The highest BCUT2D eigenvalue weighted by molar-refractivity contribution is 6.31. The molecule has 0 radical (unpaired) electrons.